The van der Waals surface area contributed by atoms with Crippen LogP contribution in [0.1, 0.15) is 35.2 Å². The molecule has 2 fully saturated rings. The molecule has 1 aromatic rings. The van der Waals surface area contributed by atoms with Crippen molar-refractivity contribution in [1.82, 2.24) is 9.80 Å². The maximum atomic E-state index is 12.9. The van der Waals surface area contributed by atoms with Gasteiger partial charge < -0.3 is 14.5 Å². The van der Waals surface area contributed by atoms with E-state index in [1.807, 2.05) is 0 Å². The number of ether oxygens (including phenoxy) is 1. The first kappa shape index (κ1) is 27.2. The third kappa shape index (κ3) is 6.07. The molecule has 0 bridgehead atoms. The van der Waals surface area contributed by atoms with Gasteiger partial charge in [0.1, 0.15) is 0 Å². The molecule has 2 aliphatic rings. The van der Waals surface area contributed by atoms with Crippen molar-refractivity contribution in [2.45, 2.75) is 43.9 Å². The first-order valence-corrected chi connectivity index (χ1v) is 10.6. The fourth-order valence-corrected chi connectivity index (χ4v) is 4.52. The van der Waals surface area contributed by atoms with E-state index in [9.17, 15) is 49.1 Å². The minimum absolute atomic E-state index is 0.0635. The summed E-state index contributed by atoms with van der Waals surface area (Å²) in [6.45, 7) is 0.0119. The minimum Gasteiger partial charge on any atom is -0.426 e. The number of amides is 2. The van der Waals surface area contributed by atoms with E-state index in [2.05, 4.69) is 4.74 Å². The van der Waals surface area contributed by atoms with Crippen molar-refractivity contribution >= 4 is 23.6 Å². The summed E-state index contributed by atoms with van der Waals surface area (Å²) in [6.07, 6.45) is -21.5. The van der Waals surface area contributed by atoms with Gasteiger partial charge in [-0.1, -0.05) is 11.6 Å². The van der Waals surface area contributed by atoms with E-state index in [0.717, 1.165) is 17.0 Å². The van der Waals surface area contributed by atoms with Crippen LogP contribution in [-0.2, 0) is 10.9 Å². The third-order valence-electron chi connectivity index (χ3n) is 6.14. The van der Waals surface area contributed by atoms with Crippen LogP contribution in [0.3, 0.4) is 0 Å². The molecule has 0 atom stereocenters. The zero-order chi connectivity index (χ0) is 26.4. The van der Waals surface area contributed by atoms with Crippen molar-refractivity contribution in [2.24, 2.45) is 5.41 Å². The van der Waals surface area contributed by atoms with Crippen LogP contribution in [0.2, 0.25) is 5.02 Å². The molecule has 1 aromatic carbocycles. The van der Waals surface area contributed by atoms with Gasteiger partial charge in [0.2, 0.25) is 0 Å². The van der Waals surface area contributed by atoms with Gasteiger partial charge in [0.25, 0.3) is 12.0 Å². The van der Waals surface area contributed by atoms with Crippen molar-refractivity contribution in [1.29, 1.82) is 0 Å². The lowest BCUT2D eigenvalue weighted by Crippen LogP contribution is -2.50. The molecular formula is C20H18ClF9N2O3. The molecule has 0 N–H and O–H groups in total. The molecule has 0 aliphatic carbocycles. The van der Waals surface area contributed by atoms with E-state index < -0.39 is 52.6 Å². The fourth-order valence-electron chi connectivity index (χ4n) is 4.24. The molecule has 0 saturated carbocycles. The number of alkyl halides is 9. The van der Waals surface area contributed by atoms with Crippen LogP contribution in [0, 0.1) is 5.41 Å². The molecule has 2 heterocycles. The largest absolute Gasteiger partial charge is 0.434 e. The first-order valence-electron chi connectivity index (χ1n) is 10.2. The summed E-state index contributed by atoms with van der Waals surface area (Å²) in [4.78, 5) is 26.8. The first-order chi connectivity index (χ1) is 15.9. The number of halogens is 10. The quantitative estimate of drug-likeness (QED) is 0.438. The number of carbonyl (C=O) groups excluding carboxylic acids is 2. The highest BCUT2D eigenvalue weighted by atomic mass is 35.5. The van der Waals surface area contributed by atoms with Gasteiger partial charge in [0.05, 0.1) is 10.6 Å². The molecule has 35 heavy (non-hydrogen) atoms. The zero-order valence-electron chi connectivity index (χ0n) is 17.7. The van der Waals surface area contributed by atoms with Crippen molar-refractivity contribution in [3.8, 4) is 0 Å². The Morgan fingerprint density at radius 3 is 1.86 bits per heavy atom. The number of piperidine rings is 1. The normalized spacial score (nSPS) is 18.9. The standard InChI is InChI=1S/C20H18ClF9N2O3/c21-13-9-11(1-2-12(13)18(22,23)24)14(33)32-8-5-17(10-32)3-6-31(7-4-17)16(34)35-15(19(25,26)27)20(28,29)30/h1-2,9,15H,3-8,10H2. The Morgan fingerprint density at radius 2 is 1.40 bits per heavy atom. The molecule has 1 spiro atoms. The third-order valence-corrected chi connectivity index (χ3v) is 6.46. The summed E-state index contributed by atoms with van der Waals surface area (Å²) in [5.74, 6) is -0.572. The molecule has 3 rings (SSSR count). The van der Waals surface area contributed by atoms with Crippen molar-refractivity contribution in [2.75, 3.05) is 26.2 Å². The van der Waals surface area contributed by atoms with E-state index in [-0.39, 0.29) is 44.6 Å². The van der Waals surface area contributed by atoms with Gasteiger partial charge in [-0.05, 0) is 42.9 Å². The summed E-state index contributed by atoms with van der Waals surface area (Å²) in [6, 6.07) is 2.60. The number of hydrogen-bond donors (Lipinski definition) is 0. The Bertz CT molecular complexity index is 956. The summed E-state index contributed by atoms with van der Waals surface area (Å²) >= 11 is 5.66. The van der Waals surface area contributed by atoms with Crippen LogP contribution < -0.4 is 0 Å². The Balaban J connectivity index is 1.60. The molecule has 2 amide bonds. The topological polar surface area (TPSA) is 49.9 Å². The summed E-state index contributed by atoms with van der Waals surface area (Å²) in [5.41, 5.74) is -1.70. The predicted octanol–water partition coefficient (Wildman–Crippen LogP) is 5.92. The molecule has 15 heteroatoms. The van der Waals surface area contributed by atoms with Crippen LogP contribution >= 0.6 is 11.6 Å². The van der Waals surface area contributed by atoms with Gasteiger partial charge in [0, 0.05) is 31.7 Å². The van der Waals surface area contributed by atoms with Crippen molar-refractivity contribution < 1.29 is 53.8 Å². The average Bonchev–Trinajstić information content (AvgIpc) is 3.12. The molecule has 0 radical (unpaired) electrons. The summed E-state index contributed by atoms with van der Waals surface area (Å²) in [7, 11) is 0. The van der Waals surface area contributed by atoms with E-state index >= 15 is 0 Å². The van der Waals surface area contributed by atoms with Crippen molar-refractivity contribution in [3.05, 3.63) is 34.3 Å². The number of benzene rings is 1. The second kappa shape index (κ2) is 9.25. The lowest BCUT2D eigenvalue weighted by atomic mass is 9.78. The van der Waals surface area contributed by atoms with Gasteiger partial charge in [-0.15, -0.1) is 0 Å². The van der Waals surface area contributed by atoms with Crippen LogP contribution in [-0.4, -0.2) is 66.4 Å². The highest BCUT2D eigenvalue weighted by molar-refractivity contribution is 6.31. The Morgan fingerprint density at radius 1 is 0.886 bits per heavy atom. The maximum absolute atomic E-state index is 12.9. The number of carbonyl (C=O) groups is 2. The smallest absolute Gasteiger partial charge is 0.426 e. The summed E-state index contributed by atoms with van der Waals surface area (Å²) in [5, 5.41) is -0.639. The molecule has 0 unspecified atom stereocenters. The number of nitrogens with zero attached hydrogens (tertiary/aromatic N) is 2. The second-order valence-corrected chi connectivity index (χ2v) is 8.91. The van der Waals surface area contributed by atoms with Gasteiger partial charge in [0.15, 0.2) is 0 Å². The SMILES string of the molecule is O=C(OC(C(F)(F)F)C(F)(F)F)N1CCC2(CC1)CCN(C(=O)c1ccc(C(F)(F)F)c(Cl)c1)C2. The van der Waals surface area contributed by atoms with Gasteiger partial charge >= 0.3 is 24.6 Å². The van der Waals surface area contributed by atoms with Crippen LogP contribution in [0.25, 0.3) is 0 Å². The Kier molecular flexibility index (Phi) is 7.19. The predicted molar refractivity (Wildman–Crippen MR) is 103 cm³/mol. The van der Waals surface area contributed by atoms with E-state index in [1.165, 1.54) is 4.90 Å². The van der Waals surface area contributed by atoms with Crippen LogP contribution in [0.15, 0.2) is 18.2 Å². The van der Waals surface area contributed by atoms with E-state index in [0.29, 0.717) is 12.5 Å². The number of likely N-dealkylation sites (tertiary alicyclic amines) is 2. The second-order valence-electron chi connectivity index (χ2n) is 8.50. The van der Waals surface area contributed by atoms with E-state index in [4.69, 9.17) is 11.6 Å². The highest BCUT2D eigenvalue weighted by Gasteiger charge is 2.60. The molecular weight excluding hydrogens is 523 g/mol. The molecule has 196 valence electrons. The fraction of sp³-hybridized carbons (Fsp3) is 0.600. The molecule has 2 aliphatic heterocycles. The zero-order valence-corrected chi connectivity index (χ0v) is 18.4. The van der Waals surface area contributed by atoms with Crippen LogP contribution in [0.4, 0.5) is 44.3 Å². The average molecular weight is 541 g/mol. The lowest BCUT2D eigenvalue weighted by Gasteiger charge is -2.39. The monoisotopic (exact) mass is 540 g/mol. The van der Waals surface area contributed by atoms with Gasteiger partial charge in [-0.3, -0.25) is 4.79 Å². The molecule has 5 nitrogen and oxygen atoms in total. The lowest BCUT2D eigenvalue weighted by molar-refractivity contribution is -0.308. The van der Waals surface area contributed by atoms with Crippen LogP contribution in [0.5, 0.6) is 0 Å². The van der Waals surface area contributed by atoms with E-state index in [1.54, 1.807) is 0 Å². The van der Waals surface area contributed by atoms with Gasteiger partial charge in [-0.25, -0.2) is 4.79 Å². The molecule has 2 saturated heterocycles. The highest BCUT2D eigenvalue weighted by Crippen LogP contribution is 2.42. The molecule has 0 aromatic heterocycles. The number of hydrogen-bond acceptors (Lipinski definition) is 3. The Hall–Kier alpha value is -2.38. The minimum atomic E-state index is -5.82. The van der Waals surface area contributed by atoms with Crippen molar-refractivity contribution in [3.63, 3.8) is 0 Å². The van der Waals surface area contributed by atoms with Gasteiger partial charge in [-0.2, -0.15) is 39.5 Å². The Labute approximate surface area is 197 Å². The maximum Gasteiger partial charge on any atom is 0.434 e. The summed E-state index contributed by atoms with van der Waals surface area (Å²) < 4.78 is 118. The number of rotatable bonds is 2.